The molecule has 0 spiro atoms. The molecular weight excluding hydrogens is 346 g/mol. The quantitative estimate of drug-likeness (QED) is 0.862. The van der Waals surface area contributed by atoms with Crippen molar-refractivity contribution in [2.45, 2.75) is 12.8 Å². The van der Waals surface area contributed by atoms with E-state index < -0.39 is 0 Å². The first kappa shape index (κ1) is 17.6. The van der Waals surface area contributed by atoms with Crippen molar-refractivity contribution in [2.75, 3.05) is 38.7 Å². The van der Waals surface area contributed by atoms with Gasteiger partial charge in [0.1, 0.15) is 13.2 Å². The van der Waals surface area contributed by atoms with Gasteiger partial charge in [-0.15, -0.1) is 0 Å². The number of methoxy groups -OCH3 is 1. The van der Waals surface area contributed by atoms with Gasteiger partial charge in [0.2, 0.25) is 11.8 Å². The van der Waals surface area contributed by atoms with Gasteiger partial charge in [0.15, 0.2) is 11.5 Å². The summed E-state index contributed by atoms with van der Waals surface area (Å²) in [6.45, 7) is 2.76. The average molecular weight is 369 g/mol. The number of hydrogen-bond donors (Lipinski definition) is 2. The Morgan fingerprint density at radius 2 is 2.04 bits per heavy atom. The van der Waals surface area contributed by atoms with E-state index in [2.05, 4.69) is 15.6 Å². The number of nitrogens with zero attached hydrogens (tertiary/aromatic N) is 1. The molecule has 7 heteroatoms. The highest BCUT2D eigenvalue weighted by Crippen LogP contribution is 2.40. The van der Waals surface area contributed by atoms with Crippen molar-refractivity contribution in [3.05, 3.63) is 30.3 Å². The number of ether oxygens (including phenoxy) is 3. The van der Waals surface area contributed by atoms with Gasteiger partial charge in [-0.3, -0.25) is 4.79 Å². The summed E-state index contributed by atoms with van der Waals surface area (Å²) in [5.74, 6) is 1.85. The lowest BCUT2D eigenvalue weighted by Crippen LogP contribution is -2.34. The smallest absolute Gasteiger partial charge is 0.227 e. The molecule has 0 radical (unpaired) electrons. The van der Waals surface area contributed by atoms with Crippen LogP contribution in [0.3, 0.4) is 0 Å². The average Bonchev–Trinajstić information content (AvgIpc) is 2.73. The van der Waals surface area contributed by atoms with Gasteiger partial charge >= 0.3 is 0 Å². The molecule has 4 rings (SSSR count). The van der Waals surface area contributed by atoms with Crippen LogP contribution in [0.25, 0.3) is 11.3 Å². The lowest BCUT2D eigenvalue weighted by atomic mass is 9.97. The highest BCUT2D eigenvalue weighted by atomic mass is 16.6. The van der Waals surface area contributed by atoms with Crippen molar-refractivity contribution < 1.29 is 19.0 Å². The summed E-state index contributed by atoms with van der Waals surface area (Å²) in [7, 11) is 1.56. The van der Waals surface area contributed by atoms with E-state index in [0.717, 1.165) is 31.5 Å². The maximum atomic E-state index is 12.6. The van der Waals surface area contributed by atoms with Gasteiger partial charge in [-0.25, -0.2) is 4.98 Å². The molecule has 0 saturated carbocycles. The Kier molecular flexibility index (Phi) is 5.11. The van der Waals surface area contributed by atoms with Gasteiger partial charge in [0.25, 0.3) is 0 Å². The van der Waals surface area contributed by atoms with Gasteiger partial charge in [-0.1, -0.05) is 6.07 Å². The monoisotopic (exact) mass is 369 g/mol. The van der Waals surface area contributed by atoms with Crippen LogP contribution < -0.4 is 24.8 Å². The molecule has 0 atom stereocenters. The topological polar surface area (TPSA) is 81.7 Å². The van der Waals surface area contributed by atoms with Crippen LogP contribution in [-0.4, -0.2) is 44.3 Å². The fourth-order valence-corrected chi connectivity index (χ4v) is 3.42. The zero-order valence-electron chi connectivity index (χ0n) is 15.3. The molecule has 2 aliphatic rings. The molecule has 1 aromatic heterocycles. The number of piperidine rings is 1. The number of amides is 1. The number of aromatic nitrogens is 1. The lowest BCUT2D eigenvalue weighted by molar-refractivity contribution is -0.120. The number of carbonyl (C=O) groups is 1. The third kappa shape index (κ3) is 3.83. The molecule has 0 aliphatic carbocycles. The van der Waals surface area contributed by atoms with Crippen molar-refractivity contribution >= 4 is 11.6 Å². The van der Waals surface area contributed by atoms with Crippen LogP contribution in [0.15, 0.2) is 30.3 Å². The van der Waals surface area contributed by atoms with Crippen LogP contribution in [-0.2, 0) is 4.79 Å². The molecule has 2 aliphatic heterocycles. The number of carbonyl (C=O) groups excluding carboxylic acids is 1. The van der Waals surface area contributed by atoms with Crippen molar-refractivity contribution in [3.8, 4) is 28.6 Å². The Labute approximate surface area is 158 Å². The van der Waals surface area contributed by atoms with E-state index in [1.807, 2.05) is 24.3 Å². The summed E-state index contributed by atoms with van der Waals surface area (Å²) in [6.07, 6.45) is 1.69. The number of hydrogen-bond acceptors (Lipinski definition) is 6. The summed E-state index contributed by atoms with van der Waals surface area (Å²) in [5.41, 5.74) is 2.13. The number of benzene rings is 1. The molecule has 0 bridgehead atoms. The minimum Gasteiger partial charge on any atom is -0.486 e. The lowest BCUT2D eigenvalue weighted by Gasteiger charge is -2.22. The number of nitrogens with one attached hydrogen (secondary N) is 2. The Hall–Kier alpha value is -2.80. The summed E-state index contributed by atoms with van der Waals surface area (Å²) in [4.78, 5) is 17.1. The summed E-state index contributed by atoms with van der Waals surface area (Å²) < 4.78 is 16.8. The van der Waals surface area contributed by atoms with E-state index in [4.69, 9.17) is 14.2 Å². The molecule has 0 unspecified atom stereocenters. The molecule has 7 nitrogen and oxygen atoms in total. The number of fused-ring (bicyclic) bond motifs is 1. The Balaban J connectivity index is 1.64. The van der Waals surface area contributed by atoms with Crippen LogP contribution in [0.1, 0.15) is 12.8 Å². The Morgan fingerprint density at radius 3 is 2.85 bits per heavy atom. The normalized spacial score (nSPS) is 16.6. The van der Waals surface area contributed by atoms with Gasteiger partial charge < -0.3 is 24.8 Å². The predicted octanol–water partition coefficient (Wildman–Crippen LogP) is 2.47. The van der Waals surface area contributed by atoms with Crippen molar-refractivity contribution in [3.63, 3.8) is 0 Å². The van der Waals surface area contributed by atoms with E-state index in [1.165, 1.54) is 0 Å². The maximum absolute atomic E-state index is 12.6. The standard InChI is InChI=1S/C20H23N3O4/c1-25-18-12-14(22-20(24)13-5-7-21-8-6-13)11-16(23-18)15-3-2-4-17-19(15)27-10-9-26-17/h2-4,11-13,21H,5-10H2,1H3,(H,22,23,24). The highest BCUT2D eigenvalue weighted by molar-refractivity contribution is 5.93. The van der Waals surface area contributed by atoms with Crippen LogP contribution in [0.4, 0.5) is 5.69 Å². The second-order valence-electron chi connectivity index (χ2n) is 6.63. The van der Waals surface area contributed by atoms with Crippen molar-refractivity contribution in [1.82, 2.24) is 10.3 Å². The van der Waals surface area contributed by atoms with Gasteiger partial charge in [0, 0.05) is 23.2 Å². The number of pyridine rings is 1. The van der Waals surface area contributed by atoms with E-state index in [0.29, 0.717) is 42.0 Å². The first-order valence-corrected chi connectivity index (χ1v) is 9.21. The molecule has 1 saturated heterocycles. The van der Waals surface area contributed by atoms with E-state index in [9.17, 15) is 4.79 Å². The molecule has 27 heavy (non-hydrogen) atoms. The fourth-order valence-electron chi connectivity index (χ4n) is 3.42. The maximum Gasteiger partial charge on any atom is 0.227 e. The summed E-state index contributed by atoms with van der Waals surface area (Å²) in [6, 6.07) is 9.27. The van der Waals surface area contributed by atoms with Gasteiger partial charge in [0.05, 0.1) is 12.8 Å². The molecular formula is C20H23N3O4. The predicted molar refractivity (Wildman–Crippen MR) is 101 cm³/mol. The Bertz CT molecular complexity index is 834. The molecule has 1 fully saturated rings. The van der Waals surface area contributed by atoms with Crippen LogP contribution >= 0.6 is 0 Å². The first-order chi connectivity index (χ1) is 13.2. The van der Waals surface area contributed by atoms with E-state index in [1.54, 1.807) is 13.2 Å². The molecule has 2 N–H and O–H groups in total. The van der Waals surface area contributed by atoms with Crippen LogP contribution in [0, 0.1) is 5.92 Å². The number of para-hydroxylation sites is 1. The number of anilines is 1. The fraction of sp³-hybridized carbons (Fsp3) is 0.400. The third-order valence-electron chi connectivity index (χ3n) is 4.83. The minimum atomic E-state index is 0.0232. The van der Waals surface area contributed by atoms with Crippen molar-refractivity contribution in [2.24, 2.45) is 5.92 Å². The van der Waals surface area contributed by atoms with E-state index >= 15 is 0 Å². The van der Waals surface area contributed by atoms with Crippen LogP contribution in [0.5, 0.6) is 17.4 Å². The Morgan fingerprint density at radius 1 is 1.22 bits per heavy atom. The zero-order valence-corrected chi connectivity index (χ0v) is 15.3. The first-order valence-electron chi connectivity index (χ1n) is 9.21. The molecule has 2 aromatic rings. The van der Waals surface area contributed by atoms with Gasteiger partial charge in [-0.2, -0.15) is 0 Å². The SMILES string of the molecule is COc1cc(NC(=O)C2CCNCC2)cc(-c2cccc3c2OCCO3)n1. The molecule has 3 heterocycles. The van der Waals surface area contributed by atoms with Crippen LogP contribution in [0.2, 0.25) is 0 Å². The molecule has 142 valence electrons. The van der Waals surface area contributed by atoms with Gasteiger partial charge in [-0.05, 0) is 44.1 Å². The molecule has 1 aromatic carbocycles. The third-order valence-corrected chi connectivity index (χ3v) is 4.83. The largest absolute Gasteiger partial charge is 0.486 e. The molecule has 1 amide bonds. The summed E-state index contributed by atoms with van der Waals surface area (Å²) >= 11 is 0. The second kappa shape index (κ2) is 7.84. The summed E-state index contributed by atoms with van der Waals surface area (Å²) in [5, 5.41) is 6.29. The number of rotatable bonds is 4. The van der Waals surface area contributed by atoms with Crippen molar-refractivity contribution in [1.29, 1.82) is 0 Å². The minimum absolute atomic E-state index is 0.0232. The highest BCUT2D eigenvalue weighted by Gasteiger charge is 2.22. The second-order valence-corrected chi connectivity index (χ2v) is 6.63. The van der Waals surface area contributed by atoms with E-state index in [-0.39, 0.29) is 11.8 Å². The zero-order chi connectivity index (χ0) is 18.6.